The molecule has 180 valence electrons. The Morgan fingerprint density at radius 2 is 1.87 bits per heavy atom. The first kappa shape index (κ1) is 26.6. The second-order valence-electron chi connectivity index (χ2n) is 11.6. The van der Waals surface area contributed by atoms with Gasteiger partial charge in [0.05, 0.1) is 24.7 Å². The van der Waals surface area contributed by atoms with Crippen molar-refractivity contribution in [1.29, 1.82) is 0 Å². The number of carbonyl (C=O) groups excluding carboxylic acids is 1. The number of aliphatic hydroxyl groups is 1. The fraction of sp³-hybridized carbons (Fsp3) is 0.885. The van der Waals surface area contributed by atoms with Crippen molar-refractivity contribution in [3.05, 3.63) is 12.2 Å². The van der Waals surface area contributed by atoms with E-state index in [0.29, 0.717) is 25.4 Å². The van der Waals surface area contributed by atoms with Crippen LogP contribution in [0.15, 0.2) is 12.2 Å². The van der Waals surface area contributed by atoms with Crippen LogP contribution in [0.3, 0.4) is 0 Å². The molecule has 2 saturated carbocycles. The summed E-state index contributed by atoms with van der Waals surface area (Å²) in [5.41, 5.74) is -0.931. The van der Waals surface area contributed by atoms with E-state index in [1.807, 2.05) is 6.92 Å². The minimum absolute atomic E-state index is 0.108. The first-order chi connectivity index (χ1) is 14.4. The van der Waals surface area contributed by atoms with E-state index in [0.717, 1.165) is 25.2 Å². The van der Waals surface area contributed by atoms with E-state index in [1.54, 1.807) is 0 Å². The van der Waals surface area contributed by atoms with Crippen molar-refractivity contribution in [3.63, 3.8) is 0 Å². The van der Waals surface area contributed by atoms with Gasteiger partial charge in [0.25, 0.3) is 0 Å². The van der Waals surface area contributed by atoms with Crippen LogP contribution >= 0.6 is 0 Å². The third-order valence-corrected chi connectivity index (χ3v) is 12.3. The molecule has 0 aromatic carbocycles. The number of ether oxygens (including phenoxy) is 1. The van der Waals surface area contributed by atoms with Gasteiger partial charge in [0.15, 0.2) is 8.32 Å². The molecule has 0 aliphatic heterocycles. The molecule has 2 fully saturated rings. The van der Waals surface area contributed by atoms with Gasteiger partial charge in [-0.25, -0.2) is 0 Å². The van der Waals surface area contributed by atoms with Gasteiger partial charge in [-0.05, 0) is 75.4 Å². The molecule has 0 bridgehead atoms. The van der Waals surface area contributed by atoms with E-state index >= 15 is 0 Å². The third-order valence-electron chi connectivity index (χ3n) is 7.82. The molecule has 0 saturated heterocycles. The highest BCUT2D eigenvalue weighted by molar-refractivity contribution is 6.74. The smallest absolute Gasteiger partial charge is 0.308 e. The van der Waals surface area contributed by atoms with E-state index in [9.17, 15) is 9.90 Å². The highest BCUT2D eigenvalue weighted by atomic mass is 28.4. The summed E-state index contributed by atoms with van der Waals surface area (Å²) < 4.78 is 11.9. The Kier molecular flexibility index (Phi) is 9.84. The average molecular weight is 453 g/mol. The number of allylic oxidation sites excluding steroid dienone is 1. The lowest BCUT2D eigenvalue weighted by Gasteiger charge is -2.39. The van der Waals surface area contributed by atoms with Crippen LogP contribution in [-0.4, -0.2) is 37.7 Å². The largest absolute Gasteiger partial charge is 0.466 e. The summed E-state index contributed by atoms with van der Waals surface area (Å²) in [5, 5.41) is 11.2. The van der Waals surface area contributed by atoms with Crippen LogP contribution in [0, 0.1) is 11.8 Å². The minimum atomic E-state index is -1.85. The highest BCUT2D eigenvalue weighted by Crippen LogP contribution is 2.39. The summed E-state index contributed by atoms with van der Waals surface area (Å²) in [4.78, 5) is 11.9. The Balaban J connectivity index is 2.02. The zero-order chi connectivity index (χ0) is 23.1. The maximum atomic E-state index is 11.9. The molecule has 5 heteroatoms. The molecule has 0 amide bonds. The predicted octanol–water partition coefficient (Wildman–Crippen LogP) is 6.78. The van der Waals surface area contributed by atoms with Crippen molar-refractivity contribution in [2.45, 2.75) is 128 Å². The molecule has 0 aromatic heterocycles. The quantitative estimate of drug-likeness (QED) is 0.225. The molecule has 0 spiro atoms. The molecule has 4 nitrogen and oxygen atoms in total. The van der Waals surface area contributed by atoms with E-state index in [4.69, 9.17) is 9.16 Å². The van der Waals surface area contributed by atoms with Gasteiger partial charge in [-0.15, -0.1) is 0 Å². The van der Waals surface area contributed by atoms with Crippen LogP contribution < -0.4 is 0 Å². The Hall–Kier alpha value is -0.653. The maximum absolute atomic E-state index is 11.9. The molecule has 0 radical (unpaired) electrons. The normalized spacial score (nSPS) is 27.0. The van der Waals surface area contributed by atoms with Gasteiger partial charge < -0.3 is 14.3 Å². The summed E-state index contributed by atoms with van der Waals surface area (Å²) >= 11 is 0. The second-order valence-corrected chi connectivity index (χ2v) is 16.3. The van der Waals surface area contributed by atoms with Crippen LogP contribution in [0.25, 0.3) is 0 Å². The molecule has 2 rings (SSSR count). The second kappa shape index (κ2) is 11.5. The van der Waals surface area contributed by atoms with Gasteiger partial charge in [0.1, 0.15) is 0 Å². The van der Waals surface area contributed by atoms with Gasteiger partial charge in [-0.2, -0.15) is 0 Å². The van der Waals surface area contributed by atoms with Crippen LogP contribution in [0.5, 0.6) is 0 Å². The third kappa shape index (κ3) is 8.66. The van der Waals surface area contributed by atoms with E-state index in [-0.39, 0.29) is 23.5 Å². The average Bonchev–Trinajstić information content (AvgIpc) is 3.16. The van der Waals surface area contributed by atoms with Gasteiger partial charge >= 0.3 is 5.97 Å². The summed E-state index contributed by atoms with van der Waals surface area (Å²) in [6.07, 6.45) is 16.0. The lowest BCUT2D eigenvalue weighted by Crippen LogP contribution is -2.43. The zero-order valence-corrected chi connectivity index (χ0v) is 22.0. The standard InChI is InChI=1S/C26H48O4Si/c1-7-29-24(27)20-26(28)18-10-13-22(19-26)15-17-23(16-14-21-11-8-9-12-21)30-31(5,6)25(2,3)4/h15,17,21-23,28H,7-14,16,18-20H2,1-6H3/b17-15+. The number of hydrogen-bond acceptors (Lipinski definition) is 4. The summed E-state index contributed by atoms with van der Waals surface area (Å²) in [7, 11) is -1.85. The maximum Gasteiger partial charge on any atom is 0.308 e. The lowest BCUT2D eigenvalue weighted by atomic mass is 9.76. The lowest BCUT2D eigenvalue weighted by molar-refractivity contribution is -0.150. The van der Waals surface area contributed by atoms with Crippen molar-refractivity contribution < 1.29 is 19.1 Å². The highest BCUT2D eigenvalue weighted by Gasteiger charge is 2.39. The van der Waals surface area contributed by atoms with Gasteiger partial charge in [-0.3, -0.25) is 4.79 Å². The molecule has 2 aliphatic carbocycles. The van der Waals surface area contributed by atoms with Crippen molar-refractivity contribution in [2.75, 3.05) is 6.61 Å². The fourth-order valence-electron chi connectivity index (χ4n) is 4.92. The van der Waals surface area contributed by atoms with Gasteiger partial charge in [0, 0.05) is 0 Å². The Morgan fingerprint density at radius 1 is 1.19 bits per heavy atom. The van der Waals surface area contributed by atoms with Crippen LogP contribution in [-0.2, 0) is 14.0 Å². The number of carbonyl (C=O) groups is 1. The molecular formula is C26H48O4Si. The van der Waals surface area contributed by atoms with Crippen molar-refractivity contribution in [1.82, 2.24) is 0 Å². The van der Waals surface area contributed by atoms with Crippen molar-refractivity contribution in [3.8, 4) is 0 Å². The summed E-state index contributed by atoms with van der Waals surface area (Å²) in [6.45, 7) is 13.7. The topological polar surface area (TPSA) is 55.8 Å². The molecule has 1 N–H and O–H groups in total. The summed E-state index contributed by atoms with van der Waals surface area (Å²) in [6, 6.07) is 0. The van der Waals surface area contributed by atoms with Crippen LogP contribution in [0.2, 0.25) is 18.1 Å². The van der Waals surface area contributed by atoms with Crippen LogP contribution in [0.1, 0.15) is 98.3 Å². The molecule has 31 heavy (non-hydrogen) atoms. The molecule has 3 unspecified atom stereocenters. The Morgan fingerprint density at radius 3 is 2.48 bits per heavy atom. The van der Waals surface area contributed by atoms with Crippen LogP contribution in [0.4, 0.5) is 0 Å². The molecule has 3 atom stereocenters. The van der Waals surface area contributed by atoms with Crippen molar-refractivity contribution in [2.24, 2.45) is 11.8 Å². The number of rotatable bonds is 10. The first-order valence-electron chi connectivity index (χ1n) is 12.7. The first-order valence-corrected chi connectivity index (χ1v) is 15.6. The van der Waals surface area contributed by atoms with E-state index in [1.165, 1.54) is 32.1 Å². The Labute approximate surface area is 192 Å². The molecule has 0 heterocycles. The zero-order valence-electron chi connectivity index (χ0n) is 21.0. The molecule has 0 aromatic rings. The van der Waals surface area contributed by atoms with Gasteiger partial charge in [0.2, 0.25) is 0 Å². The molecular weight excluding hydrogens is 404 g/mol. The molecule has 2 aliphatic rings. The van der Waals surface area contributed by atoms with E-state index in [2.05, 4.69) is 46.0 Å². The number of hydrogen-bond donors (Lipinski definition) is 1. The monoisotopic (exact) mass is 452 g/mol. The minimum Gasteiger partial charge on any atom is -0.466 e. The summed E-state index contributed by atoms with van der Waals surface area (Å²) in [5.74, 6) is 0.874. The van der Waals surface area contributed by atoms with E-state index < -0.39 is 13.9 Å². The number of esters is 1. The van der Waals surface area contributed by atoms with Crippen molar-refractivity contribution >= 4 is 14.3 Å². The van der Waals surface area contributed by atoms with Gasteiger partial charge in [-0.1, -0.05) is 58.6 Å². The Bertz CT molecular complexity index is 589. The SMILES string of the molecule is CCOC(=O)CC1(O)CCCC(/C=C/C(CCC2CCCC2)O[Si](C)(C)C(C)(C)C)C1. The predicted molar refractivity (Wildman–Crippen MR) is 131 cm³/mol. The fourth-order valence-corrected chi connectivity index (χ4v) is 6.23.